The molecular formula is C21H17ClN2O4S. The molecule has 1 aromatic carbocycles. The first-order valence-electron chi connectivity index (χ1n) is 8.90. The van der Waals surface area contributed by atoms with Gasteiger partial charge in [0.2, 0.25) is 5.76 Å². The van der Waals surface area contributed by atoms with Crippen LogP contribution in [0.25, 0.3) is 21.5 Å². The van der Waals surface area contributed by atoms with Crippen molar-refractivity contribution in [2.45, 2.75) is 26.9 Å². The number of H-pyrrole nitrogens is 1. The van der Waals surface area contributed by atoms with E-state index < -0.39 is 12.1 Å². The summed E-state index contributed by atoms with van der Waals surface area (Å²) in [5.41, 5.74) is 1.35. The van der Waals surface area contributed by atoms with Crippen LogP contribution in [0.5, 0.6) is 0 Å². The monoisotopic (exact) mass is 428 g/mol. The van der Waals surface area contributed by atoms with Gasteiger partial charge in [0.1, 0.15) is 10.6 Å². The molecule has 1 unspecified atom stereocenters. The molecule has 1 N–H and O–H groups in total. The number of rotatable bonds is 4. The van der Waals surface area contributed by atoms with Crippen molar-refractivity contribution in [1.82, 2.24) is 9.97 Å². The Balaban J connectivity index is 1.57. The Morgan fingerprint density at radius 2 is 2.00 bits per heavy atom. The van der Waals surface area contributed by atoms with E-state index in [-0.39, 0.29) is 17.1 Å². The fourth-order valence-corrected chi connectivity index (χ4v) is 4.26. The van der Waals surface area contributed by atoms with Crippen molar-refractivity contribution >= 4 is 39.1 Å². The van der Waals surface area contributed by atoms with Gasteiger partial charge in [-0.3, -0.25) is 4.79 Å². The minimum atomic E-state index is -0.754. The Bertz CT molecular complexity index is 1290. The molecule has 0 aliphatic rings. The van der Waals surface area contributed by atoms with Crippen molar-refractivity contribution in [2.75, 3.05) is 0 Å². The SMILES string of the molecule is Cc1sc2nc(C(C)OC(=O)c3ccc(-c4ccccc4Cl)o3)[nH]c(=O)c2c1C. The van der Waals surface area contributed by atoms with Crippen LogP contribution >= 0.6 is 22.9 Å². The van der Waals surface area contributed by atoms with Crippen molar-refractivity contribution in [1.29, 1.82) is 0 Å². The molecule has 0 saturated heterocycles. The molecule has 0 spiro atoms. The van der Waals surface area contributed by atoms with Crippen LogP contribution in [-0.4, -0.2) is 15.9 Å². The lowest BCUT2D eigenvalue weighted by Crippen LogP contribution is -2.17. The number of aromatic amines is 1. The van der Waals surface area contributed by atoms with Crippen LogP contribution in [0.15, 0.2) is 45.6 Å². The van der Waals surface area contributed by atoms with Crippen LogP contribution < -0.4 is 5.56 Å². The second kappa shape index (κ2) is 7.50. The molecule has 4 aromatic rings. The van der Waals surface area contributed by atoms with Gasteiger partial charge in [-0.25, -0.2) is 9.78 Å². The summed E-state index contributed by atoms with van der Waals surface area (Å²) in [7, 11) is 0. The summed E-state index contributed by atoms with van der Waals surface area (Å²) >= 11 is 7.61. The molecule has 1 atom stereocenters. The van der Waals surface area contributed by atoms with E-state index in [1.807, 2.05) is 26.0 Å². The number of ether oxygens (including phenoxy) is 1. The summed E-state index contributed by atoms with van der Waals surface area (Å²) in [5.74, 6) is 0.137. The molecule has 0 saturated carbocycles. The predicted octanol–water partition coefficient (Wildman–Crippen LogP) is 5.43. The molecule has 0 aliphatic heterocycles. The summed E-state index contributed by atoms with van der Waals surface area (Å²) in [5, 5.41) is 1.09. The number of furan rings is 1. The molecule has 0 bridgehead atoms. The summed E-state index contributed by atoms with van der Waals surface area (Å²) < 4.78 is 11.1. The highest BCUT2D eigenvalue weighted by Crippen LogP contribution is 2.30. The molecule has 3 aromatic heterocycles. The maximum Gasteiger partial charge on any atom is 0.374 e. The van der Waals surface area contributed by atoms with Gasteiger partial charge >= 0.3 is 5.97 Å². The minimum Gasteiger partial charge on any atom is -0.449 e. The number of esters is 1. The van der Waals surface area contributed by atoms with Gasteiger partial charge in [-0.15, -0.1) is 11.3 Å². The number of aryl methyl sites for hydroxylation is 2. The Morgan fingerprint density at radius 3 is 2.76 bits per heavy atom. The summed E-state index contributed by atoms with van der Waals surface area (Å²) in [6.45, 7) is 5.48. The number of thiophene rings is 1. The van der Waals surface area contributed by atoms with Gasteiger partial charge < -0.3 is 14.1 Å². The largest absolute Gasteiger partial charge is 0.449 e. The van der Waals surface area contributed by atoms with Gasteiger partial charge in [-0.05, 0) is 50.6 Å². The van der Waals surface area contributed by atoms with Crippen LogP contribution in [0.2, 0.25) is 5.02 Å². The molecular weight excluding hydrogens is 412 g/mol. The van der Waals surface area contributed by atoms with Gasteiger partial charge in [0.15, 0.2) is 11.9 Å². The van der Waals surface area contributed by atoms with E-state index in [1.165, 1.54) is 17.4 Å². The third-order valence-electron chi connectivity index (χ3n) is 4.67. The Hall–Kier alpha value is -2.90. The van der Waals surface area contributed by atoms with Crippen molar-refractivity contribution in [3.63, 3.8) is 0 Å². The Kier molecular flexibility index (Phi) is 5.02. The second-order valence-corrected chi connectivity index (χ2v) is 8.22. The topological polar surface area (TPSA) is 85.2 Å². The number of halogens is 1. The van der Waals surface area contributed by atoms with Gasteiger partial charge in [0, 0.05) is 10.4 Å². The number of carbonyl (C=O) groups excluding carboxylic acids is 1. The van der Waals surface area contributed by atoms with Crippen LogP contribution in [0.3, 0.4) is 0 Å². The zero-order valence-electron chi connectivity index (χ0n) is 15.9. The molecule has 8 heteroatoms. The molecule has 148 valence electrons. The van der Waals surface area contributed by atoms with E-state index in [2.05, 4.69) is 9.97 Å². The average molecular weight is 429 g/mol. The zero-order chi connectivity index (χ0) is 20.7. The molecule has 0 fully saturated rings. The lowest BCUT2D eigenvalue weighted by Gasteiger charge is -2.11. The average Bonchev–Trinajstić information content (AvgIpc) is 3.27. The number of nitrogens with one attached hydrogen (secondary N) is 1. The van der Waals surface area contributed by atoms with Crippen molar-refractivity contribution in [3.8, 4) is 11.3 Å². The second-order valence-electron chi connectivity index (χ2n) is 6.61. The van der Waals surface area contributed by atoms with E-state index in [1.54, 1.807) is 25.1 Å². The fraction of sp³-hybridized carbons (Fsp3) is 0.190. The minimum absolute atomic E-state index is 0.0398. The van der Waals surface area contributed by atoms with Crippen molar-refractivity contribution in [3.05, 3.63) is 73.8 Å². The Labute approximate surface area is 175 Å². The maximum absolute atomic E-state index is 12.5. The van der Waals surface area contributed by atoms with Gasteiger partial charge in [-0.1, -0.05) is 23.7 Å². The molecule has 0 amide bonds. The van der Waals surface area contributed by atoms with Crippen LogP contribution in [-0.2, 0) is 4.74 Å². The molecule has 6 nitrogen and oxygen atoms in total. The first-order chi connectivity index (χ1) is 13.8. The quantitative estimate of drug-likeness (QED) is 0.438. The number of carbonyl (C=O) groups is 1. The van der Waals surface area contributed by atoms with Crippen molar-refractivity contribution in [2.24, 2.45) is 0 Å². The van der Waals surface area contributed by atoms with Gasteiger partial charge in [-0.2, -0.15) is 0 Å². The van der Waals surface area contributed by atoms with Crippen molar-refractivity contribution < 1.29 is 13.9 Å². The Morgan fingerprint density at radius 1 is 1.24 bits per heavy atom. The smallest absolute Gasteiger partial charge is 0.374 e. The summed E-state index contributed by atoms with van der Waals surface area (Å²) in [6, 6.07) is 10.4. The third kappa shape index (κ3) is 3.59. The fourth-order valence-electron chi connectivity index (χ4n) is 2.99. The highest BCUT2D eigenvalue weighted by Gasteiger charge is 2.21. The zero-order valence-corrected chi connectivity index (χ0v) is 17.5. The number of nitrogens with zero attached hydrogens (tertiary/aromatic N) is 1. The standard InChI is InChI=1S/C21H17ClN2O4S/c1-10-12(3)29-20-17(10)19(25)23-18(24-20)11(2)27-21(26)16-9-8-15(28-16)13-6-4-5-7-14(13)22/h4-9,11H,1-3H3,(H,23,24,25). The summed E-state index contributed by atoms with van der Waals surface area (Å²) in [4.78, 5) is 33.8. The molecule has 4 rings (SSSR count). The highest BCUT2D eigenvalue weighted by atomic mass is 35.5. The van der Waals surface area contributed by atoms with E-state index >= 15 is 0 Å². The normalized spacial score (nSPS) is 12.3. The lowest BCUT2D eigenvalue weighted by atomic mass is 10.2. The van der Waals surface area contributed by atoms with Gasteiger partial charge in [0.05, 0.1) is 10.4 Å². The van der Waals surface area contributed by atoms with Crippen LogP contribution in [0.4, 0.5) is 0 Å². The van der Waals surface area contributed by atoms with E-state index in [0.717, 1.165) is 10.4 Å². The van der Waals surface area contributed by atoms with E-state index in [4.69, 9.17) is 20.8 Å². The number of fused-ring (bicyclic) bond motifs is 1. The molecule has 0 aliphatic carbocycles. The highest BCUT2D eigenvalue weighted by molar-refractivity contribution is 7.18. The number of hydrogen-bond donors (Lipinski definition) is 1. The maximum atomic E-state index is 12.5. The molecule has 0 radical (unpaired) electrons. The summed E-state index contributed by atoms with van der Waals surface area (Å²) in [6.07, 6.45) is -0.754. The van der Waals surface area contributed by atoms with E-state index in [0.29, 0.717) is 26.6 Å². The third-order valence-corrected chi connectivity index (χ3v) is 6.10. The molecule has 3 heterocycles. The number of hydrogen-bond acceptors (Lipinski definition) is 6. The van der Waals surface area contributed by atoms with Gasteiger partial charge in [0.25, 0.3) is 5.56 Å². The van der Waals surface area contributed by atoms with Crippen LogP contribution in [0, 0.1) is 13.8 Å². The molecule has 29 heavy (non-hydrogen) atoms. The predicted molar refractivity (Wildman–Crippen MR) is 113 cm³/mol. The number of benzene rings is 1. The van der Waals surface area contributed by atoms with E-state index in [9.17, 15) is 9.59 Å². The lowest BCUT2D eigenvalue weighted by molar-refractivity contribution is 0.0285. The number of aromatic nitrogens is 2. The first-order valence-corrected chi connectivity index (χ1v) is 10.1. The first kappa shape index (κ1) is 19.4. The van der Waals surface area contributed by atoms with Crippen LogP contribution in [0.1, 0.15) is 39.8 Å².